The van der Waals surface area contributed by atoms with Crippen LogP contribution in [0.4, 0.5) is 0 Å². The lowest BCUT2D eigenvalue weighted by molar-refractivity contribution is -0.120. The van der Waals surface area contributed by atoms with Crippen LogP contribution in [0.1, 0.15) is 20.7 Å². The summed E-state index contributed by atoms with van der Waals surface area (Å²) in [5, 5.41) is 5.22. The Hall–Kier alpha value is -0.690. The van der Waals surface area contributed by atoms with Gasteiger partial charge in [-0.1, -0.05) is 6.07 Å². The molecule has 2 rings (SSSR count). The Kier molecular flexibility index (Phi) is 4.55. The van der Waals surface area contributed by atoms with Gasteiger partial charge in [0.1, 0.15) is 6.04 Å². The van der Waals surface area contributed by atoms with Gasteiger partial charge in [0.2, 0.25) is 5.91 Å². The fourth-order valence-electron chi connectivity index (χ4n) is 1.58. The minimum absolute atomic E-state index is 0.347. The molecule has 0 aliphatic heterocycles. The molecular formula is C12H13BrN2OS2. The molecule has 0 aliphatic rings. The molecular weight excluding hydrogens is 332 g/mol. The van der Waals surface area contributed by atoms with E-state index in [-0.39, 0.29) is 5.91 Å². The van der Waals surface area contributed by atoms with E-state index in [9.17, 15) is 4.79 Å². The zero-order valence-corrected chi connectivity index (χ0v) is 13.0. The smallest absolute Gasteiger partial charge is 0.240 e. The third-order valence-corrected chi connectivity index (χ3v) is 5.58. The molecule has 3 nitrogen and oxygen atoms in total. The van der Waals surface area contributed by atoms with Gasteiger partial charge >= 0.3 is 0 Å². The van der Waals surface area contributed by atoms with Crippen molar-refractivity contribution in [2.45, 2.75) is 19.5 Å². The summed E-state index contributed by atoms with van der Waals surface area (Å²) in [6.07, 6.45) is 0. The van der Waals surface area contributed by atoms with Gasteiger partial charge in [0.15, 0.2) is 0 Å². The van der Waals surface area contributed by atoms with Crippen molar-refractivity contribution in [3.8, 4) is 0 Å². The maximum Gasteiger partial charge on any atom is 0.240 e. The minimum atomic E-state index is -0.429. The quantitative estimate of drug-likeness (QED) is 0.874. The molecule has 2 aromatic rings. The van der Waals surface area contributed by atoms with Gasteiger partial charge in [0.25, 0.3) is 0 Å². The molecule has 0 fully saturated rings. The van der Waals surface area contributed by atoms with E-state index in [2.05, 4.69) is 21.2 Å². The largest absolute Gasteiger partial charge is 0.368 e. The highest BCUT2D eigenvalue weighted by atomic mass is 79.9. The lowest BCUT2D eigenvalue weighted by Crippen LogP contribution is -2.32. The highest BCUT2D eigenvalue weighted by Gasteiger charge is 2.20. The Bertz CT molecular complexity index is 517. The zero-order valence-electron chi connectivity index (χ0n) is 9.77. The van der Waals surface area contributed by atoms with Crippen molar-refractivity contribution < 1.29 is 4.79 Å². The van der Waals surface area contributed by atoms with Crippen LogP contribution < -0.4 is 11.1 Å². The Morgan fingerprint density at radius 1 is 1.61 bits per heavy atom. The van der Waals surface area contributed by atoms with Crippen LogP contribution in [-0.4, -0.2) is 5.91 Å². The van der Waals surface area contributed by atoms with Crippen molar-refractivity contribution in [3.63, 3.8) is 0 Å². The molecule has 0 radical (unpaired) electrons. The normalized spacial score (nSPS) is 12.6. The van der Waals surface area contributed by atoms with Crippen molar-refractivity contribution in [1.29, 1.82) is 0 Å². The number of carbonyl (C=O) groups is 1. The SMILES string of the molecule is Cc1sc(C(NCc2cccs2)C(N)=O)cc1Br. The predicted molar refractivity (Wildman–Crippen MR) is 79.9 cm³/mol. The number of nitrogens with one attached hydrogen (secondary N) is 1. The number of aryl methyl sites for hydroxylation is 1. The number of hydrogen-bond donors (Lipinski definition) is 2. The lowest BCUT2D eigenvalue weighted by Gasteiger charge is -2.12. The van der Waals surface area contributed by atoms with Gasteiger partial charge in [0, 0.05) is 25.6 Å². The van der Waals surface area contributed by atoms with Crippen molar-refractivity contribution >= 4 is 44.5 Å². The average molecular weight is 345 g/mol. The van der Waals surface area contributed by atoms with Gasteiger partial charge in [-0.25, -0.2) is 0 Å². The molecule has 6 heteroatoms. The molecule has 0 aromatic carbocycles. The minimum Gasteiger partial charge on any atom is -0.368 e. The van der Waals surface area contributed by atoms with E-state index in [1.54, 1.807) is 22.7 Å². The molecule has 96 valence electrons. The number of halogens is 1. The molecule has 2 aromatic heterocycles. The van der Waals surface area contributed by atoms with Gasteiger partial charge in [-0.15, -0.1) is 22.7 Å². The maximum atomic E-state index is 11.5. The second-order valence-electron chi connectivity index (χ2n) is 3.85. The summed E-state index contributed by atoms with van der Waals surface area (Å²) in [6.45, 7) is 2.66. The van der Waals surface area contributed by atoms with Crippen molar-refractivity contribution in [2.24, 2.45) is 5.73 Å². The molecule has 0 aliphatic carbocycles. The second-order valence-corrected chi connectivity index (χ2v) is 7.02. The van der Waals surface area contributed by atoms with E-state index in [1.165, 1.54) is 4.88 Å². The first-order valence-corrected chi connectivity index (χ1v) is 7.87. The number of thiophene rings is 2. The number of nitrogens with two attached hydrogens (primary N) is 1. The standard InChI is InChI=1S/C12H13BrN2OS2/c1-7-9(13)5-10(18-7)11(12(14)16)15-6-8-3-2-4-17-8/h2-5,11,15H,6H2,1H3,(H2,14,16). The van der Waals surface area contributed by atoms with E-state index in [4.69, 9.17) is 5.73 Å². The summed E-state index contributed by atoms with van der Waals surface area (Å²) in [4.78, 5) is 14.8. The van der Waals surface area contributed by atoms with E-state index in [0.717, 1.165) is 14.2 Å². The van der Waals surface area contributed by atoms with Crippen molar-refractivity contribution in [3.05, 3.63) is 42.7 Å². The van der Waals surface area contributed by atoms with Crippen LogP contribution in [0.3, 0.4) is 0 Å². The maximum absolute atomic E-state index is 11.5. The first kappa shape index (κ1) is 13.7. The fraction of sp³-hybridized carbons (Fsp3) is 0.250. The summed E-state index contributed by atoms with van der Waals surface area (Å²) in [5.74, 6) is -0.347. The monoisotopic (exact) mass is 344 g/mol. The topological polar surface area (TPSA) is 55.1 Å². The predicted octanol–water partition coefficient (Wildman–Crippen LogP) is 3.20. The molecule has 3 N–H and O–H groups in total. The average Bonchev–Trinajstić information content (AvgIpc) is 2.90. The van der Waals surface area contributed by atoms with Gasteiger partial charge in [-0.2, -0.15) is 0 Å². The number of amides is 1. The van der Waals surface area contributed by atoms with Crippen LogP contribution in [0.25, 0.3) is 0 Å². The highest BCUT2D eigenvalue weighted by molar-refractivity contribution is 9.10. The number of rotatable bonds is 5. The number of hydrogen-bond acceptors (Lipinski definition) is 4. The Morgan fingerprint density at radius 3 is 2.89 bits per heavy atom. The lowest BCUT2D eigenvalue weighted by atomic mass is 10.2. The molecule has 1 amide bonds. The summed E-state index contributed by atoms with van der Waals surface area (Å²) in [5.41, 5.74) is 5.46. The van der Waals surface area contributed by atoms with Crippen molar-refractivity contribution in [1.82, 2.24) is 5.32 Å². The van der Waals surface area contributed by atoms with E-state index < -0.39 is 6.04 Å². The third kappa shape index (κ3) is 3.20. The van der Waals surface area contributed by atoms with Gasteiger partial charge < -0.3 is 5.73 Å². The first-order chi connectivity index (χ1) is 8.58. The molecule has 1 atom stereocenters. The summed E-state index contributed by atoms with van der Waals surface area (Å²) in [7, 11) is 0. The third-order valence-electron chi connectivity index (χ3n) is 2.51. The molecule has 18 heavy (non-hydrogen) atoms. The second kappa shape index (κ2) is 5.97. The Balaban J connectivity index is 2.11. The van der Waals surface area contributed by atoms with Crippen molar-refractivity contribution in [2.75, 3.05) is 0 Å². The van der Waals surface area contributed by atoms with E-state index >= 15 is 0 Å². The molecule has 1 unspecified atom stereocenters. The molecule has 2 heterocycles. The molecule has 0 bridgehead atoms. The zero-order chi connectivity index (χ0) is 13.1. The van der Waals surface area contributed by atoms with Crippen LogP contribution in [-0.2, 0) is 11.3 Å². The van der Waals surface area contributed by atoms with Crippen LogP contribution in [0.2, 0.25) is 0 Å². The Labute approximate surface area is 122 Å². The highest BCUT2D eigenvalue weighted by Crippen LogP contribution is 2.30. The Morgan fingerprint density at radius 2 is 2.39 bits per heavy atom. The number of carbonyl (C=O) groups excluding carboxylic acids is 1. The first-order valence-electron chi connectivity index (χ1n) is 5.39. The van der Waals surface area contributed by atoms with E-state index in [1.807, 2.05) is 30.5 Å². The fourth-order valence-corrected chi connectivity index (χ4v) is 3.88. The van der Waals surface area contributed by atoms with Gasteiger partial charge in [-0.3, -0.25) is 10.1 Å². The van der Waals surface area contributed by atoms with Crippen LogP contribution >= 0.6 is 38.6 Å². The summed E-state index contributed by atoms with van der Waals surface area (Å²) in [6, 6.07) is 5.55. The van der Waals surface area contributed by atoms with E-state index in [0.29, 0.717) is 6.54 Å². The molecule has 0 saturated heterocycles. The van der Waals surface area contributed by atoms with Gasteiger partial charge in [-0.05, 0) is 40.4 Å². The van der Waals surface area contributed by atoms with Crippen LogP contribution in [0.5, 0.6) is 0 Å². The van der Waals surface area contributed by atoms with Crippen LogP contribution in [0.15, 0.2) is 28.1 Å². The summed E-state index contributed by atoms with van der Waals surface area (Å²) >= 11 is 6.70. The molecule has 0 spiro atoms. The summed E-state index contributed by atoms with van der Waals surface area (Å²) < 4.78 is 1.02. The molecule has 0 saturated carbocycles. The van der Waals surface area contributed by atoms with Gasteiger partial charge in [0.05, 0.1) is 0 Å². The van der Waals surface area contributed by atoms with Crippen LogP contribution in [0, 0.1) is 6.92 Å². The number of primary amides is 1.